The molecule has 2 N–H and O–H groups in total. The summed E-state index contributed by atoms with van der Waals surface area (Å²) in [6.45, 7) is 0.739. The number of ether oxygens (including phenoxy) is 2. The largest absolute Gasteiger partial charge is 0.347 e. The third-order valence-electron chi connectivity index (χ3n) is 4.26. The molecule has 1 atom stereocenters. The van der Waals surface area contributed by atoms with Gasteiger partial charge in [-0.05, 0) is 25.0 Å². The molecule has 1 aliphatic carbocycles. The van der Waals surface area contributed by atoms with E-state index in [9.17, 15) is 9.59 Å². The molecule has 1 spiro atoms. The average Bonchev–Trinajstić information content (AvgIpc) is 2.96. The molecule has 0 radical (unpaired) electrons. The highest BCUT2D eigenvalue weighted by Crippen LogP contribution is 2.37. The summed E-state index contributed by atoms with van der Waals surface area (Å²) in [7, 11) is 0. The van der Waals surface area contributed by atoms with Crippen LogP contribution in [0.1, 0.15) is 32.1 Å². The van der Waals surface area contributed by atoms with Gasteiger partial charge in [-0.25, -0.2) is 0 Å². The monoisotopic (exact) mass is 318 g/mol. The number of carbonyl (C=O) groups excluding carboxylic acids is 2. The number of rotatable bonds is 3. The lowest BCUT2D eigenvalue weighted by molar-refractivity contribution is -0.186. The van der Waals surface area contributed by atoms with Crippen LogP contribution in [0.3, 0.4) is 0 Å². The van der Waals surface area contributed by atoms with Crippen molar-refractivity contribution >= 4 is 17.5 Å². The van der Waals surface area contributed by atoms with Crippen molar-refractivity contribution in [2.45, 2.75) is 44.0 Å². The van der Waals surface area contributed by atoms with Crippen LogP contribution in [0.2, 0.25) is 0 Å². The van der Waals surface area contributed by atoms with Crippen LogP contribution in [-0.2, 0) is 19.1 Å². The molecule has 2 amide bonds. The summed E-state index contributed by atoms with van der Waals surface area (Å²) < 4.78 is 11.8. The van der Waals surface area contributed by atoms with Gasteiger partial charge in [0.1, 0.15) is 6.10 Å². The Balaban J connectivity index is 1.43. The minimum absolute atomic E-state index is 0.193. The predicted octanol–water partition coefficient (Wildman–Crippen LogP) is 1.82. The lowest BCUT2D eigenvalue weighted by atomic mass is 9.94. The Morgan fingerprint density at radius 3 is 2.57 bits per heavy atom. The predicted molar refractivity (Wildman–Crippen MR) is 84.7 cm³/mol. The van der Waals surface area contributed by atoms with E-state index in [-0.39, 0.29) is 12.6 Å². The van der Waals surface area contributed by atoms with Gasteiger partial charge >= 0.3 is 11.8 Å². The molecule has 2 fully saturated rings. The molecule has 1 aromatic rings. The topological polar surface area (TPSA) is 76.7 Å². The molecule has 3 rings (SSSR count). The maximum atomic E-state index is 11.9. The Morgan fingerprint density at radius 2 is 1.83 bits per heavy atom. The highest BCUT2D eigenvalue weighted by Gasteiger charge is 2.42. The van der Waals surface area contributed by atoms with Crippen LogP contribution >= 0.6 is 0 Å². The molecular weight excluding hydrogens is 296 g/mol. The first-order valence-corrected chi connectivity index (χ1v) is 8.13. The Kier molecular flexibility index (Phi) is 4.93. The first kappa shape index (κ1) is 16.0. The third-order valence-corrected chi connectivity index (χ3v) is 4.26. The molecule has 1 aliphatic heterocycles. The summed E-state index contributed by atoms with van der Waals surface area (Å²) in [6.07, 6.45) is 5.06. The molecule has 2 aliphatic rings. The van der Waals surface area contributed by atoms with E-state index in [1.54, 1.807) is 24.3 Å². The van der Waals surface area contributed by atoms with Crippen molar-refractivity contribution in [1.82, 2.24) is 5.32 Å². The molecule has 1 unspecified atom stereocenters. The summed E-state index contributed by atoms with van der Waals surface area (Å²) >= 11 is 0. The second kappa shape index (κ2) is 7.10. The molecule has 1 saturated carbocycles. The van der Waals surface area contributed by atoms with Crippen LogP contribution in [0, 0.1) is 0 Å². The number of amides is 2. The van der Waals surface area contributed by atoms with Gasteiger partial charge in [0.05, 0.1) is 6.61 Å². The van der Waals surface area contributed by atoms with Crippen LogP contribution in [0.5, 0.6) is 0 Å². The maximum Gasteiger partial charge on any atom is 0.313 e. The molecule has 1 heterocycles. The van der Waals surface area contributed by atoms with E-state index < -0.39 is 17.6 Å². The van der Waals surface area contributed by atoms with Gasteiger partial charge in [0, 0.05) is 25.1 Å². The molecule has 6 heteroatoms. The normalized spacial score (nSPS) is 22.7. The van der Waals surface area contributed by atoms with Gasteiger partial charge in [-0.1, -0.05) is 24.6 Å². The van der Waals surface area contributed by atoms with Gasteiger partial charge in [0.25, 0.3) is 0 Å². The Labute approximate surface area is 135 Å². The Morgan fingerprint density at radius 1 is 1.09 bits per heavy atom. The molecule has 6 nitrogen and oxygen atoms in total. The van der Waals surface area contributed by atoms with E-state index in [4.69, 9.17) is 9.47 Å². The molecule has 1 saturated heterocycles. The smallest absolute Gasteiger partial charge is 0.313 e. The van der Waals surface area contributed by atoms with Crippen molar-refractivity contribution in [3.63, 3.8) is 0 Å². The van der Waals surface area contributed by atoms with Gasteiger partial charge in [0.2, 0.25) is 0 Å². The molecular formula is C17H22N2O4. The van der Waals surface area contributed by atoms with Crippen molar-refractivity contribution in [2.24, 2.45) is 0 Å². The summed E-state index contributed by atoms with van der Waals surface area (Å²) in [6, 6.07) is 8.88. The number of benzene rings is 1. The van der Waals surface area contributed by atoms with Crippen molar-refractivity contribution < 1.29 is 19.1 Å². The van der Waals surface area contributed by atoms with E-state index in [0.29, 0.717) is 12.3 Å². The van der Waals surface area contributed by atoms with Crippen LogP contribution in [0.25, 0.3) is 0 Å². The quantitative estimate of drug-likeness (QED) is 0.834. The Bertz CT molecular complexity index is 555. The van der Waals surface area contributed by atoms with Gasteiger partial charge in [-0.3, -0.25) is 9.59 Å². The van der Waals surface area contributed by atoms with Crippen molar-refractivity contribution in [1.29, 1.82) is 0 Å². The number of hydrogen-bond acceptors (Lipinski definition) is 4. The third kappa shape index (κ3) is 4.09. The fraction of sp³-hybridized carbons (Fsp3) is 0.529. The van der Waals surface area contributed by atoms with Crippen LogP contribution < -0.4 is 10.6 Å². The van der Waals surface area contributed by atoms with E-state index in [1.165, 1.54) is 6.42 Å². The highest BCUT2D eigenvalue weighted by atomic mass is 16.7. The SMILES string of the molecule is O=C(NCC1COC2(CCCCC2)O1)C(=O)Nc1ccccc1. The van der Waals surface area contributed by atoms with E-state index >= 15 is 0 Å². The summed E-state index contributed by atoms with van der Waals surface area (Å²) in [5.74, 6) is -1.80. The van der Waals surface area contributed by atoms with E-state index in [2.05, 4.69) is 10.6 Å². The number of carbonyl (C=O) groups is 2. The van der Waals surface area contributed by atoms with Gasteiger partial charge in [-0.15, -0.1) is 0 Å². The molecule has 124 valence electrons. The minimum atomic E-state index is -0.678. The zero-order chi connectivity index (χ0) is 16.1. The number of para-hydroxylation sites is 1. The van der Waals surface area contributed by atoms with E-state index in [1.807, 2.05) is 6.07 Å². The highest BCUT2D eigenvalue weighted by molar-refractivity contribution is 6.39. The number of nitrogens with one attached hydrogen (secondary N) is 2. The summed E-state index contributed by atoms with van der Waals surface area (Å²) in [5, 5.41) is 5.16. The summed E-state index contributed by atoms with van der Waals surface area (Å²) in [5.41, 5.74) is 0.592. The lowest BCUT2D eigenvalue weighted by Crippen LogP contribution is -2.41. The minimum Gasteiger partial charge on any atom is -0.347 e. The maximum absolute atomic E-state index is 11.9. The van der Waals surface area contributed by atoms with Gasteiger partial charge < -0.3 is 20.1 Å². The number of hydrogen-bond donors (Lipinski definition) is 2. The Hall–Kier alpha value is -1.92. The zero-order valence-corrected chi connectivity index (χ0v) is 13.0. The van der Waals surface area contributed by atoms with Crippen LogP contribution in [0.15, 0.2) is 30.3 Å². The van der Waals surface area contributed by atoms with Crippen LogP contribution in [0.4, 0.5) is 5.69 Å². The second-order valence-corrected chi connectivity index (χ2v) is 6.05. The van der Waals surface area contributed by atoms with Crippen molar-refractivity contribution in [3.05, 3.63) is 30.3 Å². The standard InChI is InChI=1S/C17H22N2O4/c20-15(16(21)19-13-7-3-1-4-8-13)18-11-14-12-22-17(23-14)9-5-2-6-10-17/h1,3-4,7-8,14H,2,5-6,9-12H2,(H,18,20)(H,19,21). The summed E-state index contributed by atoms with van der Waals surface area (Å²) in [4.78, 5) is 23.7. The average molecular weight is 318 g/mol. The van der Waals surface area contributed by atoms with Crippen LogP contribution in [-0.4, -0.2) is 36.9 Å². The fourth-order valence-corrected chi connectivity index (χ4v) is 3.07. The lowest BCUT2D eigenvalue weighted by Gasteiger charge is -2.31. The van der Waals surface area contributed by atoms with Gasteiger partial charge in [-0.2, -0.15) is 0 Å². The van der Waals surface area contributed by atoms with Crippen molar-refractivity contribution in [3.8, 4) is 0 Å². The van der Waals surface area contributed by atoms with Crippen molar-refractivity contribution in [2.75, 3.05) is 18.5 Å². The van der Waals surface area contributed by atoms with E-state index in [0.717, 1.165) is 25.7 Å². The zero-order valence-electron chi connectivity index (χ0n) is 13.0. The first-order valence-electron chi connectivity index (χ1n) is 8.13. The molecule has 1 aromatic carbocycles. The first-order chi connectivity index (χ1) is 11.2. The molecule has 0 bridgehead atoms. The molecule has 0 aromatic heterocycles. The fourth-order valence-electron chi connectivity index (χ4n) is 3.07. The second-order valence-electron chi connectivity index (χ2n) is 6.05. The molecule has 23 heavy (non-hydrogen) atoms. The number of anilines is 1. The van der Waals surface area contributed by atoms with Gasteiger partial charge in [0.15, 0.2) is 5.79 Å².